The van der Waals surface area contributed by atoms with Gasteiger partial charge in [0.25, 0.3) is 0 Å². The molecule has 3 rings (SSSR count). The van der Waals surface area contributed by atoms with Crippen LogP contribution in [-0.2, 0) is 11.2 Å². The first-order chi connectivity index (χ1) is 8.66. The van der Waals surface area contributed by atoms with Crippen molar-refractivity contribution in [3.63, 3.8) is 0 Å². The quantitative estimate of drug-likeness (QED) is 0.827. The molecule has 0 aromatic heterocycles. The smallest absolute Gasteiger partial charge is 0.307 e. The number of rotatable bonds is 3. The number of fused-ring (bicyclic) bond motifs is 1. The van der Waals surface area contributed by atoms with Crippen LogP contribution in [0.25, 0.3) is 0 Å². The first-order valence-electron chi connectivity index (χ1n) is 6.19. The molecular weight excluding hydrogens is 232 g/mol. The molecule has 1 heterocycles. The first kappa shape index (κ1) is 11.3. The van der Waals surface area contributed by atoms with Crippen LogP contribution >= 0.6 is 0 Å². The van der Waals surface area contributed by atoms with E-state index in [9.17, 15) is 9.59 Å². The van der Waals surface area contributed by atoms with Crippen molar-refractivity contribution in [3.05, 3.63) is 29.3 Å². The average molecular weight is 246 g/mol. The number of Topliss-reactive ketones (excluding diaryl/α,β-unsaturated/α-hetero) is 1. The van der Waals surface area contributed by atoms with Gasteiger partial charge in [0.1, 0.15) is 5.75 Å². The third-order valence-electron chi connectivity index (χ3n) is 3.64. The highest BCUT2D eigenvalue weighted by Crippen LogP contribution is 2.41. The number of aryl methyl sites for hydroxylation is 1. The van der Waals surface area contributed by atoms with Crippen molar-refractivity contribution in [1.82, 2.24) is 0 Å². The fourth-order valence-electron chi connectivity index (χ4n) is 2.49. The van der Waals surface area contributed by atoms with E-state index in [4.69, 9.17) is 9.84 Å². The lowest BCUT2D eigenvalue weighted by Crippen LogP contribution is -2.11. The predicted molar refractivity (Wildman–Crippen MR) is 63.8 cm³/mol. The molecule has 1 aliphatic heterocycles. The molecule has 0 amide bonds. The molecule has 1 N–H and O–H groups in total. The van der Waals surface area contributed by atoms with E-state index >= 15 is 0 Å². The second-order valence-corrected chi connectivity index (χ2v) is 4.93. The third kappa shape index (κ3) is 1.88. The van der Waals surface area contributed by atoms with Crippen molar-refractivity contribution < 1.29 is 19.4 Å². The summed E-state index contributed by atoms with van der Waals surface area (Å²) in [6.45, 7) is 0.726. The summed E-state index contributed by atoms with van der Waals surface area (Å²) in [6, 6.07) is 5.41. The predicted octanol–water partition coefficient (Wildman–Crippen LogP) is 1.92. The van der Waals surface area contributed by atoms with E-state index in [0.29, 0.717) is 12.0 Å². The Labute approximate surface area is 105 Å². The van der Waals surface area contributed by atoms with Gasteiger partial charge in [-0.25, -0.2) is 0 Å². The monoisotopic (exact) mass is 246 g/mol. The van der Waals surface area contributed by atoms with Crippen molar-refractivity contribution in [2.24, 2.45) is 11.8 Å². The van der Waals surface area contributed by atoms with Gasteiger partial charge in [0.05, 0.1) is 12.5 Å². The topological polar surface area (TPSA) is 63.6 Å². The lowest BCUT2D eigenvalue weighted by molar-refractivity contribution is -0.138. The highest BCUT2D eigenvalue weighted by Gasteiger charge is 2.48. The number of hydrogen-bond acceptors (Lipinski definition) is 3. The molecular formula is C14H14O4. The number of ether oxygens (including phenoxy) is 1. The van der Waals surface area contributed by atoms with Crippen LogP contribution in [0, 0.1) is 11.8 Å². The van der Waals surface area contributed by atoms with Crippen LogP contribution in [0.2, 0.25) is 0 Å². The van der Waals surface area contributed by atoms with Gasteiger partial charge in [0.2, 0.25) is 0 Å². The number of carboxylic acids is 1. The molecule has 94 valence electrons. The van der Waals surface area contributed by atoms with E-state index in [-0.39, 0.29) is 11.7 Å². The van der Waals surface area contributed by atoms with Crippen molar-refractivity contribution in [3.8, 4) is 5.75 Å². The van der Waals surface area contributed by atoms with Crippen LogP contribution in [0.15, 0.2) is 18.2 Å². The second kappa shape index (κ2) is 4.12. The number of aliphatic carboxylic acids is 1. The van der Waals surface area contributed by atoms with Crippen LogP contribution in [0.4, 0.5) is 0 Å². The standard InChI is InChI=1S/C14H14O4/c15-13(10-7-11(10)14(16)17)9-3-4-12-8(6-9)2-1-5-18-12/h3-4,6,10-11H,1-2,5,7H2,(H,16,17)/t10-,11-/m0/s1. The summed E-state index contributed by atoms with van der Waals surface area (Å²) in [5, 5.41) is 8.84. The third-order valence-corrected chi connectivity index (χ3v) is 3.64. The molecule has 4 nitrogen and oxygen atoms in total. The minimum atomic E-state index is -0.866. The Balaban J connectivity index is 1.81. The largest absolute Gasteiger partial charge is 0.493 e. The fourth-order valence-corrected chi connectivity index (χ4v) is 2.49. The number of carboxylic acid groups (broad SMARTS) is 1. The molecule has 4 heteroatoms. The van der Waals surface area contributed by atoms with Crippen molar-refractivity contribution >= 4 is 11.8 Å². The Morgan fingerprint density at radius 2 is 2.11 bits per heavy atom. The van der Waals surface area contributed by atoms with Gasteiger partial charge in [-0.3, -0.25) is 9.59 Å². The van der Waals surface area contributed by atoms with E-state index in [1.807, 2.05) is 12.1 Å². The van der Waals surface area contributed by atoms with Crippen molar-refractivity contribution in [1.29, 1.82) is 0 Å². The first-order valence-corrected chi connectivity index (χ1v) is 6.19. The molecule has 1 saturated carbocycles. The molecule has 0 spiro atoms. The maximum atomic E-state index is 12.1. The van der Waals surface area contributed by atoms with Gasteiger partial charge in [0.15, 0.2) is 5.78 Å². The van der Waals surface area contributed by atoms with Gasteiger partial charge in [-0.2, -0.15) is 0 Å². The minimum absolute atomic E-state index is 0.0456. The van der Waals surface area contributed by atoms with Gasteiger partial charge in [-0.15, -0.1) is 0 Å². The normalized spacial score (nSPS) is 24.9. The van der Waals surface area contributed by atoms with Crippen molar-refractivity contribution in [2.45, 2.75) is 19.3 Å². The molecule has 1 aliphatic carbocycles. The number of carbonyl (C=O) groups excluding carboxylic acids is 1. The highest BCUT2D eigenvalue weighted by atomic mass is 16.5. The Bertz CT molecular complexity index is 521. The Hall–Kier alpha value is -1.84. The number of benzene rings is 1. The van der Waals surface area contributed by atoms with Crippen LogP contribution < -0.4 is 4.74 Å². The molecule has 1 aromatic carbocycles. The number of hydrogen-bond donors (Lipinski definition) is 1. The van der Waals surface area contributed by atoms with E-state index in [1.54, 1.807) is 6.07 Å². The molecule has 0 unspecified atom stereocenters. The van der Waals surface area contributed by atoms with E-state index in [1.165, 1.54) is 0 Å². The minimum Gasteiger partial charge on any atom is -0.493 e. The van der Waals surface area contributed by atoms with E-state index in [2.05, 4.69) is 0 Å². The molecule has 2 atom stereocenters. The lowest BCUT2D eigenvalue weighted by atomic mass is 9.99. The highest BCUT2D eigenvalue weighted by molar-refractivity contribution is 6.02. The molecule has 0 bridgehead atoms. The van der Waals surface area contributed by atoms with Crippen LogP contribution in [0.5, 0.6) is 5.75 Å². The van der Waals surface area contributed by atoms with Gasteiger partial charge < -0.3 is 9.84 Å². The summed E-state index contributed by atoms with van der Waals surface area (Å²) < 4.78 is 5.49. The van der Waals surface area contributed by atoms with Gasteiger partial charge >= 0.3 is 5.97 Å². The summed E-state index contributed by atoms with van der Waals surface area (Å²) >= 11 is 0. The molecule has 2 aliphatic rings. The van der Waals surface area contributed by atoms with Gasteiger partial charge in [-0.05, 0) is 43.0 Å². The number of ketones is 1. The zero-order chi connectivity index (χ0) is 12.7. The SMILES string of the molecule is O=C(O)[C@H]1C[C@@H]1C(=O)c1ccc2c(c1)CCCO2. The lowest BCUT2D eigenvalue weighted by Gasteiger charge is -2.17. The molecule has 1 fully saturated rings. The molecule has 0 saturated heterocycles. The van der Waals surface area contributed by atoms with E-state index < -0.39 is 11.9 Å². The Morgan fingerprint density at radius 3 is 2.83 bits per heavy atom. The molecule has 0 radical (unpaired) electrons. The summed E-state index contributed by atoms with van der Waals surface area (Å²) in [4.78, 5) is 22.9. The van der Waals surface area contributed by atoms with Crippen molar-refractivity contribution in [2.75, 3.05) is 6.61 Å². The zero-order valence-corrected chi connectivity index (χ0v) is 9.89. The Kier molecular flexibility index (Phi) is 2.58. The number of carbonyl (C=O) groups is 2. The maximum absolute atomic E-state index is 12.1. The van der Waals surface area contributed by atoms with Crippen LogP contribution in [0.1, 0.15) is 28.8 Å². The van der Waals surface area contributed by atoms with Gasteiger partial charge in [-0.1, -0.05) is 0 Å². The second-order valence-electron chi connectivity index (χ2n) is 4.93. The summed E-state index contributed by atoms with van der Waals surface area (Å²) in [5.41, 5.74) is 1.67. The Morgan fingerprint density at radius 1 is 1.28 bits per heavy atom. The fraction of sp³-hybridized carbons (Fsp3) is 0.429. The summed E-state index contributed by atoms with van der Waals surface area (Å²) in [5.74, 6) is -0.872. The average Bonchev–Trinajstić information content (AvgIpc) is 3.17. The van der Waals surface area contributed by atoms with Crippen LogP contribution in [-0.4, -0.2) is 23.5 Å². The maximum Gasteiger partial charge on any atom is 0.307 e. The molecule has 1 aromatic rings. The molecule has 18 heavy (non-hydrogen) atoms. The van der Waals surface area contributed by atoms with Gasteiger partial charge in [0, 0.05) is 11.5 Å². The zero-order valence-electron chi connectivity index (χ0n) is 9.89. The summed E-state index contributed by atoms with van der Waals surface area (Å²) in [7, 11) is 0. The van der Waals surface area contributed by atoms with Crippen LogP contribution in [0.3, 0.4) is 0 Å². The van der Waals surface area contributed by atoms with E-state index in [0.717, 1.165) is 30.8 Å². The summed E-state index contributed by atoms with van der Waals surface area (Å²) in [6.07, 6.45) is 2.36.